The number of aliphatic carboxylic acids is 1. The summed E-state index contributed by atoms with van der Waals surface area (Å²) in [4.78, 5) is 40.3. The second-order valence-electron chi connectivity index (χ2n) is 10.4. The standard InChI is InChI=1S/C36H34N2O4S/c39-33(38-24-13-22-32(38)34(40)37-31(35(41)42)26-27-14-5-1-6-15-27)23-25-43-36(28-16-7-2-8-17-28,29-18-9-3-10-19-29)30-20-11-4-12-21-30/h1-12,14-21,26,32H,13,22-25H2,(H,37,40)(H,41,42)/t32-/m0/s1. The van der Waals surface area contributed by atoms with Crippen LogP contribution in [0.3, 0.4) is 0 Å². The normalized spacial score (nSPS) is 15.2. The van der Waals surface area contributed by atoms with Crippen LogP contribution in [-0.2, 0) is 19.1 Å². The molecule has 0 unspecified atom stereocenters. The molecular formula is C36H34N2O4S. The number of rotatable bonds is 11. The molecule has 0 radical (unpaired) electrons. The monoisotopic (exact) mass is 590 g/mol. The third-order valence-corrected chi connectivity index (χ3v) is 9.20. The quantitative estimate of drug-likeness (QED) is 0.157. The number of carboxylic acid groups (broad SMARTS) is 1. The van der Waals surface area contributed by atoms with Gasteiger partial charge in [0, 0.05) is 18.7 Å². The van der Waals surface area contributed by atoms with Crippen molar-refractivity contribution in [1.82, 2.24) is 10.2 Å². The second kappa shape index (κ2) is 14.0. The Hall–Kier alpha value is -4.62. The highest BCUT2D eigenvalue weighted by molar-refractivity contribution is 8.00. The molecule has 1 saturated heterocycles. The summed E-state index contributed by atoms with van der Waals surface area (Å²) in [7, 11) is 0. The van der Waals surface area contributed by atoms with Crippen LogP contribution in [0.2, 0.25) is 0 Å². The zero-order chi connectivity index (χ0) is 30.1. The van der Waals surface area contributed by atoms with Crippen molar-refractivity contribution in [2.75, 3.05) is 12.3 Å². The van der Waals surface area contributed by atoms with Gasteiger partial charge in [-0.05, 0) is 41.2 Å². The Morgan fingerprint density at radius 1 is 0.791 bits per heavy atom. The first kappa shape index (κ1) is 29.9. The van der Waals surface area contributed by atoms with Gasteiger partial charge in [0.25, 0.3) is 0 Å². The van der Waals surface area contributed by atoms with Crippen LogP contribution in [0.1, 0.15) is 41.5 Å². The molecule has 6 nitrogen and oxygen atoms in total. The molecule has 5 rings (SSSR count). The number of carboxylic acids is 1. The van der Waals surface area contributed by atoms with Crippen molar-refractivity contribution in [2.45, 2.75) is 30.1 Å². The van der Waals surface area contributed by atoms with Gasteiger partial charge in [-0.3, -0.25) is 9.59 Å². The Kier molecular flexibility index (Phi) is 9.74. The number of hydrogen-bond acceptors (Lipinski definition) is 4. The fourth-order valence-electron chi connectivity index (χ4n) is 5.62. The average molecular weight is 591 g/mol. The Bertz CT molecular complexity index is 1460. The molecule has 2 N–H and O–H groups in total. The lowest BCUT2D eigenvalue weighted by Gasteiger charge is -2.35. The molecule has 4 aromatic carbocycles. The number of nitrogens with zero attached hydrogens (tertiary/aromatic N) is 1. The number of hydrogen-bond donors (Lipinski definition) is 2. The van der Waals surface area contributed by atoms with Crippen LogP contribution in [0.5, 0.6) is 0 Å². The van der Waals surface area contributed by atoms with E-state index in [-0.39, 0.29) is 18.0 Å². The summed E-state index contributed by atoms with van der Waals surface area (Å²) < 4.78 is -0.537. The summed E-state index contributed by atoms with van der Waals surface area (Å²) in [5.74, 6) is -1.30. The molecule has 43 heavy (non-hydrogen) atoms. The highest BCUT2D eigenvalue weighted by Crippen LogP contribution is 2.48. The molecule has 7 heteroatoms. The molecule has 0 saturated carbocycles. The molecule has 1 atom stereocenters. The van der Waals surface area contributed by atoms with Gasteiger partial charge in [-0.1, -0.05) is 121 Å². The zero-order valence-corrected chi connectivity index (χ0v) is 24.6. The molecule has 218 valence electrons. The van der Waals surface area contributed by atoms with Gasteiger partial charge in [-0.15, -0.1) is 11.8 Å². The maximum absolute atomic E-state index is 13.6. The van der Waals surface area contributed by atoms with E-state index in [2.05, 4.69) is 41.7 Å². The number of amides is 2. The van der Waals surface area contributed by atoms with Crippen molar-refractivity contribution in [3.63, 3.8) is 0 Å². The van der Waals surface area contributed by atoms with E-state index in [1.807, 2.05) is 60.7 Å². The predicted octanol–water partition coefficient (Wildman–Crippen LogP) is 6.33. The molecule has 1 heterocycles. The van der Waals surface area contributed by atoms with E-state index >= 15 is 0 Å². The number of carbonyl (C=O) groups is 3. The van der Waals surface area contributed by atoms with Crippen molar-refractivity contribution in [3.8, 4) is 0 Å². The van der Waals surface area contributed by atoms with Gasteiger partial charge >= 0.3 is 5.97 Å². The van der Waals surface area contributed by atoms with Gasteiger partial charge < -0.3 is 15.3 Å². The molecular weight excluding hydrogens is 556 g/mol. The summed E-state index contributed by atoms with van der Waals surface area (Å²) in [5, 5.41) is 12.3. The first-order valence-electron chi connectivity index (χ1n) is 14.4. The lowest BCUT2D eigenvalue weighted by molar-refractivity contribution is -0.138. The minimum Gasteiger partial charge on any atom is -0.477 e. The highest BCUT2D eigenvalue weighted by atomic mass is 32.2. The second-order valence-corrected chi connectivity index (χ2v) is 11.7. The SMILES string of the molecule is O=C(O)C(=Cc1ccccc1)NC(=O)[C@@H]1CCCN1C(=O)CCSC(c1ccccc1)(c1ccccc1)c1ccccc1. The van der Waals surface area contributed by atoms with Gasteiger partial charge in [0.2, 0.25) is 11.8 Å². The van der Waals surface area contributed by atoms with Crippen LogP contribution < -0.4 is 5.32 Å². The number of benzene rings is 4. The van der Waals surface area contributed by atoms with Gasteiger partial charge in [0.1, 0.15) is 11.7 Å². The van der Waals surface area contributed by atoms with E-state index in [9.17, 15) is 19.5 Å². The van der Waals surface area contributed by atoms with E-state index in [1.165, 1.54) is 6.08 Å². The number of likely N-dealkylation sites (tertiary alicyclic amines) is 1. The predicted molar refractivity (Wildman–Crippen MR) is 171 cm³/mol. The van der Waals surface area contributed by atoms with E-state index < -0.39 is 22.7 Å². The minimum atomic E-state index is -1.23. The van der Waals surface area contributed by atoms with Crippen molar-refractivity contribution in [2.24, 2.45) is 0 Å². The Morgan fingerprint density at radius 3 is 1.77 bits per heavy atom. The summed E-state index contributed by atoms with van der Waals surface area (Å²) in [6.07, 6.45) is 2.84. The first-order valence-corrected chi connectivity index (χ1v) is 15.4. The third-order valence-electron chi connectivity index (χ3n) is 7.65. The van der Waals surface area contributed by atoms with Crippen LogP contribution in [0.15, 0.2) is 127 Å². The van der Waals surface area contributed by atoms with Crippen molar-refractivity contribution < 1.29 is 19.5 Å². The fraction of sp³-hybridized carbons (Fsp3) is 0.194. The van der Waals surface area contributed by atoms with Gasteiger partial charge in [-0.25, -0.2) is 4.79 Å². The minimum absolute atomic E-state index is 0.114. The van der Waals surface area contributed by atoms with Gasteiger partial charge in [-0.2, -0.15) is 0 Å². The van der Waals surface area contributed by atoms with Crippen LogP contribution in [0.25, 0.3) is 6.08 Å². The van der Waals surface area contributed by atoms with Gasteiger partial charge in [0.05, 0.1) is 4.75 Å². The van der Waals surface area contributed by atoms with Crippen LogP contribution in [-0.4, -0.2) is 46.1 Å². The number of nitrogens with one attached hydrogen (secondary N) is 1. The molecule has 1 fully saturated rings. The van der Waals surface area contributed by atoms with E-state index in [4.69, 9.17) is 0 Å². The zero-order valence-electron chi connectivity index (χ0n) is 23.8. The molecule has 1 aliphatic heterocycles. The first-order chi connectivity index (χ1) is 21.0. The average Bonchev–Trinajstić information content (AvgIpc) is 3.55. The van der Waals surface area contributed by atoms with Crippen LogP contribution in [0, 0.1) is 0 Å². The molecule has 1 aliphatic rings. The highest BCUT2D eigenvalue weighted by Gasteiger charge is 2.38. The maximum Gasteiger partial charge on any atom is 0.352 e. The molecule has 0 aromatic heterocycles. The Morgan fingerprint density at radius 2 is 1.28 bits per heavy atom. The smallest absolute Gasteiger partial charge is 0.352 e. The topological polar surface area (TPSA) is 86.7 Å². The molecule has 4 aromatic rings. The molecule has 2 amide bonds. The Labute approximate surface area is 256 Å². The van der Waals surface area contributed by atoms with E-state index in [1.54, 1.807) is 40.9 Å². The largest absolute Gasteiger partial charge is 0.477 e. The van der Waals surface area contributed by atoms with Crippen molar-refractivity contribution in [1.29, 1.82) is 0 Å². The number of carbonyl (C=O) groups excluding carboxylic acids is 2. The lowest BCUT2D eigenvalue weighted by Crippen LogP contribution is -2.46. The van der Waals surface area contributed by atoms with E-state index in [0.29, 0.717) is 30.7 Å². The third kappa shape index (κ3) is 6.89. The maximum atomic E-state index is 13.6. The molecule has 0 spiro atoms. The van der Waals surface area contributed by atoms with Crippen LogP contribution >= 0.6 is 11.8 Å². The Balaban J connectivity index is 1.33. The summed E-state index contributed by atoms with van der Waals surface area (Å²) in [6.45, 7) is 0.466. The van der Waals surface area contributed by atoms with Gasteiger partial charge in [0.15, 0.2) is 0 Å². The summed E-state index contributed by atoms with van der Waals surface area (Å²) >= 11 is 1.71. The van der Waals surface area contributed by atoms with Crippen molar-refractivity contribution >= 4 is 35.6 Å². The molecule has 0 aliphatic carbocycles. The molecule has 0 bridgehead atoms. The summed E-state index contributed by atoms with van der Waals surface area (Å²) in [6, 6.07) is 39.2. The van der Waals surface area contributed by atoms with Crippen LogP contribution in [0.4, 0.5) is 0 Å². The number of thioether (sulfide) groups is 1. The summed E-state index contributed by atoms with van der Waals surface area (Å²) in [5.41, 5.74) is 3.80. The van der Waals surface area contributed by atoms with Crippen molar-refractivity contribution in [3.05, 3.63) is 149 Å². The lowest BCUT2D eigenvalue weighted by atomic mass is 9.84. The van der Waals surface area contributed by atoms with E-state index in [0.717, 1.165) is 16.7 Å². The fourth-order valence-corrected chi connectivity index (χ4v) is 7.12.